The van der Waals surface area contributed by atoms with Crippen LogP contribution in [0.25, 0.3) is 0 Å². The first kappa shape index (κ1) is 18.1. The Labute approximate surface area is 145 Å². The minimum atomic E-state index is -0.141. The maximum Gasteiger partial charge on any atom is 0.262 e. The first-order valence-corrected chi connectivity index (χ1v) is 8.50. The summed E-state index contributed by atoms with van der Waals surface area (Å²) in [7, 11) is 0. The molecule has 3 nitrogen and oxygen atoms in total. The highest BCUT2D eigenvalue weighted by molar-refractivity contribution is 5.92. The Morgan fingerprint density at radius 3 is 2.42 bits per heavy atom. The Balaban J connectivity index is 2.03. The van der Waals surface area contributed by atoms with Crippen LogP contribution in [-0.2, 0) is 4.79 Å². The quantitative estimate of drug-likeness (QED) is 0.787. The van der Waals surface area contributed by atoms with Gasteiger partial charge in [-0.3, -0.25) is 4.79 Å². The molecule has 1 N–H and O–H groups in total. The fourth-order valence-electron chi connectivity index (χ4n) is 2.58. The summed E-state index contributed by atoms with van der Waals surface area (Å²) in [6.07, 6.45) is 0. The molecule has 2 aromatic carbocycles. The van der Waals surface area contributed by atoms with Crippen molar-refractivity contribution in [2.24, 2.45) is 0 Å². The summed E-state index contributed by atoms with van der Waals surface area (Å²) in [6, 6.07) is 14.0. The molecule has 0 heterocycles. The molecule has 0 bridgehead atoms. The Kier molecular flexibility index (Phi) is 6.02. The van der Waals surface area contributed by atoms with Crippen molar-refractivity contribution in [1.29, 1.82) is 0 Å². The summed E-state index contributed by atoms with van der Waals surface area (Å²) >= 11 is 0. The van der Waals surface area contributed by atoms with Crippen LogP contribution in [0.5, 0.6) is 5.75 Å². The van der Waals surface area contributed by atoms with Gasteiger partial charge in [0.1, 0.15) is 5.75 Å². The van der Waals surface area contributed by atoms with E-state index >= 15 is 0 Å². The molecule has 0 radical (unpaired) electrons. The monoisotopic (exact) mass is 325 g/mol. The van der Waals surface area contributed by atoms with Crippen LogP contribution in [0.1, 0.15) is 56.2 Å². The molecular weight excluding hydrogens is 298 g/mol. The van der Waals surface area contributed by atoms with E-state index in [1.54, 1.807) is 0 Å². The predicted octanol–water partition coefficient (Wildman–Crippen LogP) is 5.26. The molecule has 0 spiro atoms. The largest absolute Gasteiger partial charge is 0.483 e. The molecule has 0 fully saturated rings. The minimum Gasteiger partial charge on any atom is -0.483 e. The number of aryl methyl sites for hydroxylation is 1. The molecule has 0 saturated heterocycles. The van der Waals surface area contributed by atoms with E-state index in [4.69, 9.17) is 4.74 Å². The fraction of sp³-hybridized carbons (Fsp3) is 0.381. The maximum absolute atomic E-state index is 12.3. The third kappa shape index (κ3) is 4.60. The average Bonchev–Trinajstić information content (AvgIpc) is 2.54. The average molecular weight is 325 g/mol. The van der Waals surface area contributed by atoms with Gasteiger partial charge in [-0.2, -0.15) is 0 Å². The van der Waals surface area contributed by atoms with E-state index in [-0.39, 0.29) is 12.5 Å². The lowest BCUT2D eigenvalue weighted by Gasteiger charge is -2.15. The summed E-state index contributed by atoms with van der Waals surface area (Å²) in [5, 5.41) is 2.96. The standard InChI is InChI=1S/C21H27NO2/c1-14(2)17-11-10-16(5)20(12-17)24-13-21(23)22-19-9-7-6-8-18(19)15(3)4/h6-12,14-15H,13H2,1-5H3,(H,22,23). The molecular formula is C21H27NO2. The SMILES string of the molecule is Cc1ccc(C(C)C)cc1OCC(=O)Nc1ccccc1C(C)C. The number of hydrogen-bond donors (Lipinski definition) is 1. The van der Waals surface area contributed by atoms with Crippen LogP contribution in [0.4, 0.5) is 5.69 Å². The van der Waals surface area contributed by atoms with E-state index in [0.29, 0.717) is 11.8 Å². The van der Waals surface area contributed by atoms with E-state index in [1.165, 1.54) is 5.56 Å². The van der Waals surface area contributed by atoms with Crippen molar-refractivity contribution in [3.05, 3.63) is 59.2 Å². The van der Waals surface area contributed by atoms with Gasteiger partial charge in [-0.05, 0) is 47.6 Å². The zero-order valence-corrected chi connectivity index (χ0v) is 15.2. The Bertz CT molecular complexity index is 705. The minimum absolute atomic E-state index is 0.00875. The lowest BCUT2D eigenvalue weighted by molar-refractivity contribution is -0.118. The summed E-state index contributed by atoms with van der Waals surface area (Å²) in [6.45, 7) is 10.5. The lowest BCUT2D eigenvalue weighted by Crippen LogP contribution is -2.21. The van der Waals surface area contributed by atoms with Gasteiger partial charge in [-0.1, -0.05) is 58.0 Å². The molecule has 1 amide bonds. The van der Waals surface area contributed by atoms with Gasteiger partial charge in [-0.15, -0.1) is 0 Å². The lowest BCUT2D eigenvalue weighted by atomic mass is 10.0. The molecule has 0 atom stereocenters. The van der Waals surface area contributed by atoms with Crippen molar-refractivity contribution in [1.82, 2.24) is 0 Å². The summed E-state index contributed by atoms with van der Waals surface area (Å²) in [5.74, 6) is 1.41. The zero-order chi connectivity index (χ0) is 17.7. The highest BCUT2D eigenvalue weighted by Crippen LogP contribution is 2.25. The molecule has 0 aliphatic rings. The number of anilines is 1. The van der Waals surface area contributed by atoms with Crippen LogP contribution >= 0.6 is 0 Å². The maximum atomic E-state index is 12.3. The summed E-state index contributed by atoms with van der Waals surface area (Å²) in [5.41, 5.74) is 4.23. The van der Waals surface area contributed by atoms with Gasteiger partial charge in [-0.25, -0.2) is 0 Å². The molecule has 24 heavy (non-hydrogen) atoms. The van der Waals surface area contributed by atoms with E-state index < -0.39 is 0 Å². The normalized spacial score (nSPS) is 11.0. The highest BCUT2D eigenvalue weighted by Gasteiger charge is 2.11. The second kappa shape index (κ2) is 8.00. The third-order valence-corrected chi connectivity index (χ3v) is 4.09. The van der Waals surface area contributed by atoms with E-state index in [1.807, 2.05) is 43.3 Å². The van der Waals surface area contributed by atoms with Crippen LogP contribution in [0.3, 0.4) is 0 Å². The van der Waals surface area contributed by atoms with Gasteiger partial charge in [0.05, 0.1) is 0 Å². The number of hydrogen-bond acceptors (Lipinski definition) is 2. The van der Waals surface area contributed by atoms with Crippen molar-refractivity contribution in [3.63, 3.8) is 0 Å². The zero-order valence-electron chi connectivity index (χ0n) is 15.2. The number of carbonyl (C=O) groups excluding carboxylic acids is 1. The van der Waals surface area contributed by atoms with Crippen molar-refractivity contribution in [2.75, 3.05) is 11.9 Å². The second-order valence-electron chi connectivity index (χ2n) is 6.76. The molecule has 2 aromatic rings. The number of rotatable bonds is 6. The molecule has 0 aliphatic heterocycles. The first-order chi connectivity index (χ1) is 11.4. The van der Waals surface area contributed by atoms with Gasteiger partial charge in [0, 0.05) is 5.69 Å². The van der Waals surface area contributed by atoms with Crippen LogP contribution in [0.2, 0.25) is 0 Å². The Hall–Kier alpha value is -2.29. The topological polar surface area (TPSA) is 38.3 Å². The number of amides is 1. The number of benzene rings is 2. The summed E-state index contributed by atoms with van der Waals surface area (Å²) < 4.78 is 5.75. The van der Waals surface area contributed by atoms with Crippen LogP contribution in [-0.4, -0.2) is 12.5 Å². The van der Waals surface area contributed by atoms with Crippen molar-refractivity contribution in [2.45, 2.75) is 46.5 Å². The third-order valence-electron chi connectivity index (χ3n) is 4.09. The van der Waals surface area contributed by atoms with Crippen LogP contribution in [0, 0.1) is 6.92 Å². The van der Waals surface area contributed by atoms with Crippen LogP contribution in [0.15, 0.2) is 42.5 Å². The number of nitrogens with one attached hydrogen (secondary N) is 1. The number of ether oxygens (including phenoxy) is 1. The molecule has 0 saturated carbocycles. The first-order valence-electron chi connectivity index (χ1n) is 8.50. The second-order valence-corrected chi connectivity index (χ2v) is 6.76. The van der Waals surface area contributed by atoms with Crippen molar-refractivity contribution < 1.29 is 9.53 Å². The van der Waals surface area contributed by atoms with Crippen LogP contribution < -0.4 is 10.1 Å². The molecule has 3 heteroatoms. The summed E-state index contributed by atoms with van der Waals surface area (Å²) in [4.78, 5) is 12.3. The van der Waals surface area contributed by atoms with Crippen molar-refractivity contribution >= 4 is 11.6 Å². The smallest absolute Gasteiger partial charge is 0.262 e. The van der Waals surface area contributed by atoms with Gasteiger partial charge < -0.3 is 10.1 Å². The molecule has 0 aliphatic carbocycles. The van der Waals surface area contributed by atoms with E-state index in [9.17, 15) is 4.79 Å². The molecule has 0 aromatic heterocycles. The van der Waals surface area contributed by atoms with Gasteiger partial charge in [0.25, 0.3) is 5.91 Å². The van der Waals surface area contributed by atoms with Gasteiger partial charge in [0.2, 0.25) is 0 Å². The van der Waals surface area contributed by atoms with E-state index in [0.717, 1.165) is 22.6 Å². The molecule has 2 rings (SSSR count). The molecule has 128 valence electrons. The highest BCUT2D eigenvalue weighted by atomic mass is 16.5. The number of carbonyl (C=O) groups is 1. The molecule has 0 unspecified atom stereocenters. The fourth-order valence-corrected chi connectivity index (χ4v) is 2.58. The van der Waals surface area contributed by atoms with Gasteiger partial charge in [0.15, 0.2) is 6.61 Å². The number of para-hydroxylation sites is 1. The van der Waals surface area contributed by atoms with Crippen molar-refractivity contribution in [3.8, 4) is 5.75 Å². The Morgan fingerprint density at radius 2 is 1.75 bits per heavy atom. The van der Waals surface area contributed by atoms with E-state index in [2.05, 4.69) is 39.1 Å². The Morgan fingerprint density at radius 1 is 1.04 bits per heavy atom. The predicted molar refractivity (Wildman–Crippen MR) is 99.9 cm³/mol. The van der Waals surface area contributed by atoms with Gasteiger partial charge >= 0.3 is 0 Å².